The smallest absolute Gasteiger partial charge is 0.0121 e. The van der Waals surface area contributed by atoms with Gasteiger partial charge < -0.3 is 10.2 Å². The zero-order valence-corrected chi connectivity index (χ0v) is 9.63. The van der Waals surface area contributed by atoms with Crippen LogP contribution in [0.15, 0.2) is 0 Å². The average molecular weight is 196 g/mol. The summed E-state index contributed by atoms with van der Waals surface area (Å²) in [5, 5.41) is 3.43. The summed E-state index contributed by atoms with van der Waals surface area (Å²) in [5.41, 5.74) is 0. The molecule has 0 bridgehead atoms. The minimum atomic E-state index is 0.914. The summed E-state index contributed by atoms with van der Waals surface area (Å²) in [7, 11) is 2.30. The van der Waals surface area contributed by atoms with Gasteiger partial charge in [0.05, 0.1) is 0 Å². The van der Waals surface area contributed by atoms with Gasteiger partial charge in [-0.05, 0) is 64.2 Å². The Bertz CT molecular complexity index is 173. The highest BCUT2D eigenvalue weighted by molar-refractivity contribution is 4.90. The largest absolute Gasteiger partial charge is 0.317 e. The highest BCUT2D eigenvalue weighted by Gasteiger charge is 2.35. The number of hydrogen-bond donors (Lipinski definition) is 1. The van der Waals surface area contributed by atoms with Crippen LogP contribution in [0.25, 0.3) is 0 Å². The molecule has 1 aliphatic carbocycles. The van der Waals surface area contributed by atoms with Crippen molar-refractivity contribution in [2.75, 3.05) is 26.7 Å². The highest BCUT2D eigenvalue weighted by atomic mass is 15.2. The van der Waals surface area contributed by atoms with E-state index in [1.807, 2.05) is 0 Å². The van der Waals surface area contributed by atoms with Gasteiger partial charge in [0.2, 0.25) is 0 Å². The second-order valence-electron chi connectivity index (χ2n) is 5.24. The maximum atomic E-state index is 3.43. The molecule has 0 aromatic rings. The molecule has 0 radical (unpaired) electrons. The van der Waals surface area contributed by atoms with E-state index in [0.717, 1.165) is 17.9 Å². The quantitative estimate of drug-likeness (QED) is 0.736. The minimum Gasteiger partial charge on any atom is -0.317 e. The second-order valence-corrected chi connectivity index (χ2v) is 5.24. The third-order valence-corrected chi connectivity index (χ3v) is 3.98. The van der Waals surface area contributed by atoms with Crippen LogP contribution in [0.2, 0.25) is 0 Å². The Balaban J connectivity index is 1.61. The zero-order valence-electron chi connectivity index (χ0n) is 9.63. The van der Waals surface area contributed by atoms with E-state index in [0.29, 0.717) is 0 Å². The average Bonchev–Trinajstić information content (AvgIpc) is 2.94. The van der Waals surface area contributed by atoms with Crippen LogP contribution in [0.4, 0.5) is 0 Å². The Morgan fingerprint density at radius 3 is 2.50 bits per heavy atom. The Labute approximate surface area is 88.1 Å². The summed E-state index contributed by atoms with van der Waals surface area (Å²) < 4.78 is 0. The second kappa shape index (κ2) is 4.63. The molecule has 14 heavy (non-hydrogen) atoms. The molecule has 1 N–H and O–H groups in total. The van der Waals surface area contributed by atoms with Crippen molar-refractivity contribution < 1.29 is 0 Å². The molecule has 2 atom stereocenters. The van der Waals surface area contributed by atoms with E-state index in [9.17, 15) is 0 Å². The molecular formula is C12H24N2. The maximum Gasteiger partial charge on any atom is 0.0121 e. The fourth-order valence-electron chi connectivity index (χ4n) is 2.64. The predicted octanol–water partition coefficient (Wildman–Crippen LogP) is 1.72. The SMILES string of the molecule is CC1CC1N(C)CCC1CCNCC1. The molecule has 2 unspecified atom stereocenters. The number of nitrogens with one attached hydrogen (secondary N) is 1. The van der Waals surface area contributed by atoms with Gasteiger partial charge in [0.25, 0.3) is 0 Å². The van der Waals surface area contributed by atoms with Crippen molar-refractivity contribution in [3.63, 3.8) is 0 Å². The molecular weight excluding hydrogens is 172 g/mol. The number of nitrogens with zero attached hydrogens (tertiary/aromatic N) is 1. The van der Waals surface area contributed by atoms with Crippen LogP contribution in [0.1, 0.15) is 32.6 Å². The minimum absolute atomic E-state index is 0.914. The van der Waals surface area contributed by atoms with Gasteiger partial charge in [0.1, 0.15) is 0 Å². The lowest BCUT2D eigenvalue weighted by Gasteiger charge is -2.25. The van der Waals surface area contributed by atoms with Crippen LogP contribution in [0.3, 0.4) is 0 Å². The normalized spacial score (nSPS) is 33.6. The molecule has 2 fully saturated rings. The fraction of sp³-hybridized carbons (Fsp3) is 1.00. The monoisotopic (exact) mass is 196 g/mol. The van der Waals surface area contributed by atoms with Gasteiger partial charge in [-0.15, -0.1) is 0 Å². The van der Waals surface area contributed by atoms with Crippen LogP contribution < -0.4 is 5.32 Å². The molecule has 2 rings (SSSR count). The molecule has 2 nitrogen and oxygen atoms in total. The molecule has 1 aliphatic heterocycles. The van der Waals surface area contributed by atoms with Gasteiger partial charge in [0.15, 0.2) is 0 Å². The van der Waals surface area contributed by atoms with E-state index in [-0.39, 0.29) is 0 Å². The van der Waals surface area contributed by atoms with Gasteiger partial charge in [-0.1, -0.05) is 6.92 Å². The Morgan fingerprint density at radius 2 is 1.93 bits per heavy atom. The summed E-state index contributed by atoms with van der Waals surface area (Å²) >= 11 is 0. The van der Waals surface area contributed by atoms with Crippen molar-refractivity contribution in [2.45, 2.75) is 38.6 Å². The number of hydrogen-bond acceptors (Lipinski definition) is 2. The lowest BCUT2D eigenvalue weighted by atomic mass is 9.94. The maximum absolute atomic E-state index is 3.43. The molecule has 2 aliphatic rings. The third kappa shape index (κ3) is 2.71. The predicted molar refractivity (Wildman–Crippen MR) is 60.4 cm³/mol. The summed E-state index contributed by atoms with van der Waals surface area (Å²) in [6.45, 7) is 6.17. The van der Waals surface area contributed by atoms with Crippen molar-refractivity contribution in [1.82, 2.24) is 10.2 Å². The third-order valence-electron chi connectivity index (χ3n) is 3.98. The van der Waals surface area contributed by atoms with E-state index in [1.165, 1.54) is 45.3 Å². The first-order valence-corrected chi connectivity index (χ1v) is 6.18. The van der Waals surface area contributed by atoms with Crippen molar-refractivity contribution in [1.29, 1.82) is 0 Å². The van der Waals surface area contributed by atoms with Gasteiger partial charge in [-0.25, -0.2) is 0 Å². The molecule has 0 spiro atoms. The number of rotatable bonds is 4. The molecule has 82 valence electrons. The van der Waals surface area contributed by atoms with Gasteiger partial charge >= 0.3 is 0 Å². The van der Waals surface area contributed by atoms with E-state index in [2.05, 4.69) is 24.2 Å². The molecule has 1 saturated carbocycles. The van der Waals surface area contributed by atoms with Crippen LogP contribution in [-0.4, -0.2) is 37.6 Å². The van der Waals surface area contributed by atoms with Crippen LogP contribution in [0, 0.1) is 11.8 Å². The summed E-state index contributed by atoms with van der Waals surface area (Å²) in [6.07, 6.45) is 5.65. The topological polar surface area (TPSA) is 15.3 Å². The van der Waals surface area contributed by atoms with Crippen LogP contribution in [-0.2, 0) is 0 Å². The molecule has 1 heterocycles. The zero-order chi connectivity index (χ0) is 9.97. The van der Waals surface area contributed by atoms with Crippen LogP contribution >= 0.6 is 0 Å². The molecule has 1 saturated heterocycles. The molecule has 0 amide bonds. The molecule has 0 aromatic heterocycles. The van der Waals surface area contributed by atoms with Crippen LogP contribution in [0.5, 0.6) is 0 Å². The standard InChI is InChI=1S/C12H24N2/c1-10-9-12(10)14(2)8-5-11-3-6-13-7-4-11/h10-13H,3-9H2,1-2H3. The first-order valence-electron chi connectivity index (χ1n) is 6.18. The molecule has 2 heteroatoms. The Kier molecular flexibility index (Phi) is 3.45. The van der Waals surface area contributed by atoms with Crippen molar-refractivity contribution in [3.05, 3.63) is 0 Å². The van der Waals surface area contributed by atoms with Crippen molar-refractivity contribution in [3.8, 4) is 0 Å². The lowest BCUT2D eigenvalue weighted by Crippen LogP contribution is -2.31. The molecule has 0 aromatic carbocycles. The lowest BCUT2D eigenvalue weighted by molar-refractivity contribution is 0.258. The number of piperidine rings is 1. The first kappa shape index (κ1) is 10.4. The summed E-state index contributed by atoms with van der Waals surface area (Å²) in [6, 6.07) is 0.914. The fourth-order valence-corrected chi connectivity index (χ4v) is 2.64. The van der Waals surface area contributed by atoms with Crippen molar-refractivity contribution >= 4 is 0 Å². The van der Waals surface area contributed by atoms with E-state index < -0.39 is 0 Å². The summed E-state index contributed by atoms with van der Waals surface area (Å²) in [5.74, 6) is 1.96. The Morgan fingerprint density at radius 1 is 1.29 bits per heavy atom. The van der Waals surface area contributed by atoms with Gasteiger partial charge in [-0.3, -0.25) is 0 Å². The van der Waals surface area contributed by atoms with Gasteiger partial charge in [0, 0.05) is 6.04 Å². The first-order chi connectivity index (χ1) is 6.77. The Hall–Kier alpha value is -0.0800. The van der Waals surface area contributed by atoms with E-state index in [1.54, 1.807) is 0 Å². The van der Waals surface area contributed by atoms with E-state index >= 15 is 0 Å². The van der Waals surface area contributed by atoms with E-state index in [4.69, 9.17) is 0 Å². The highest BCUT2D eigenvalue weighted by Crippen LogP contribution is 2.34. The van der Waals surface area contributed by atoms with Gasteiger partial charge in [-0.2, -0.15) is 0 Å². The summed E-state index contributed by atoms with van der Waals surface area (Å²) in [4.78, 5) is 2.58. The van der Waals surface area contributed by atoms with Crippen molar-refractivity contribution in [2.24, 2.45) is 11.8 Å².